The van der Waals surface area contributed by atoms with E-state index >= 15 is 0 Å². The maximum absolute atomic E-state index is 13.6. The summed E-state index contributed by atoms with van der Waals surface area (Å²) in [6.45, 7) is 3.51. The molecule has 0 radical (unpaired) electrons. The molecule has 0 spiro atoms. The van der Waals surface area contributed by atoms with Gasteiger partial charge in [0.2, 0.25) is 0 Å². The molecule has 0 saturated carbocycles. The number of carbonyl (C=O) groups excluding carboxylic acids is 1. The minimum atomic E-state index is -4.52. The first-order chi connectivity index (χ1) is 12.6. The van der Waals surface area contributed by atoms with Crippen molar-refractivity contribution in [2.75, 3.05) is 5.32 Å². The van der Waals surface area contributed by atoms with Crippen LogP contribution in [-0.4, -0.2) is 27.9 Å². The number of nitrogens with one attached hydrogen (secondary N) is 2. The summed E-state index contributed by atoms with van der Waals surface area (Å²) in [5.74, 6) is -0.408. The van der Waals surface area contributed by atoms with Crippen molar-refractivity contribution in [2.24, 2.45) is 0 Å². The fraction of sp³-hybridized carbons (Fsp3) is 0.412. The molecule has 0 fully saturated rings. The Morgan fingerprint density at radius 2 is 2.00 bits per heavy atom. The van der Waals surface area contributed by atoms with E-state index in [9.17, 15) is 18.0 Å². The van der Waals surface area contributed by atoms with E-state index in [1.54, 1.807) is 19.9 Å². The van der Waals surface area contributed by atoms with Gasteiger partial charge < -0.3 is 10.6 Å². The van der Waals surface area contributed by atoms with Crippen molar-refractivity contribution in [2.45, 2.75) is 44.6 Å². The highest BCUT2D eigenvalue weighted by molar-refractivity contribution is 6.42. The van der Waals surface area contributed by atoms with Crippen LogP contribution in [0, 0.1) is 0 Å². The largest absolute Gasteiger partial charge is 0.410 e. The summed E-state index contributed by atoms with van der Waals surface area (Å²) in [6.07, 6.45) is -4.81. The van der Waals surface area contributed by atoms with Gasteiger partial charge in [0.15, 0.2) is 11.7 Å². The first kappa shape index (κ1) is 19.8. The molecule has 0 unspecified atom stereocenters. The first-order valence-electron chi connectivity index (χ1n) is 8.25. The van der Waals surface area contributed by atoms with E-state index in [4.69, 9.17) is 23.2 Å². The highest BCUT2D eigenvalue weighted by Crippen LogP contribution is 2.44. The second kappa shape index (κ2) is 7.24. The van der Waals surface area contributed by atoms with E-state index < -0.39 is 24.2 Å². The van der Waals surface area contributed by atoms with E-state index in [-0.39, 0.29) is 29.0 Å². The summed E-state index contributed by atoms with van der Waals surface area (Å²) in [5, 5.41) is 10.1. The van der Waals surface area contributed by atoms with Gasteiger partial charge in [-0.15, -0.1) is 0 Å². The molecule has 1 amide bonds. The molecule has 3 rings (SSSR count). The predicted octanol–water partition coefficient (Wildman–Crippen LogP) is 4.99. The standard InChI is InChI=1S/C17H17Cl2F3N4O/c1-8(2)23-16(27)13-7-15-24-12(9-3-4-10(18)11(19)5-9)6-14(17(20,21)22)26(15)25-13/h3-5,7-8,12,14,24H,6H2,1-2H3,(H,23,27)/t12-,14-/m1/s1. The molecular formula is C17H17Cl2F3N4O. The molecule has 146 valence electrons. The molecule has 1 aliphatic rings. The normalized spacial score (nSPS) is 19.6. The van der Waals surface area contributed by atoms with Crippen LogP contribution in [0.5, 0.6) is 0 Å². The van der Waals surface area contributed by atoms with Gasteiger partial charge in [-0.2, -0.15) is 18.3 Å². The number of amides is 1. The monoisotopic (exact) mass is 420 g/mol. The number of aromatic nitrogens is 2. The van der Waals surface area contributed by atoms with Gasteiger partial charge in [0.05, 0.1) is 16.1 Å². The Balaban J connectivity index is 1.98. The lowest BCUT2D eigenvalue weighted by Gasteiger charge is -2.33. The summed E-state index contributed by atoms with van der Waals surface area (Å²) in [6, 6.07) is 3.33. The van der Waals surface area contributed by atoms with Crippen LogP contribution < -0.4 is 10.6 Å². The quantitative estimate of drug-likeness (QED) is 0.735. The average molecular weight is 421 g/mol. The number of rotatable bonds is 3. The zero-order valence-corrected chi connectivity index (χ0v) is 16.0. The van der Waals surface area contributed by atoms with Crippen LogP contribution in [0.15, 0.2) is 24.3 Å². The molecule has 0 saturated heterocycles. The van der Waals surface area contributed by atoms with Crippen molar-refractivity contribution in [1.29, 1.82) is 0 Å². The van der Waals surface area contributed by atoms with Crippen LogP contribution in [0.25, 0.3) is 0 Å². The molecule has 1 aromatic carbocycles. The minimum absolute atomic E-state index is 0.0739. The Bertz CT molecular complexity index is 866. The molecule has 1 aliphatic heterocycles. The number of fused-ring (bicyclic) bond motifs is 1. The molecule has 5 nitrogen and oxygen atoms in total. The zero-order valence-electron chi connectivity index (χ0n) is 14.4. The van der Waals surface area contributed by atoms with Gasteiger partial charge in [-0.1, -0.05) is 29.3 Å². The fourth-order valence-corrected chi connectivity index (χ4v) is 3.27. The third-order valence-electron chi connectivity index (χ3n) is 4.19. The number of hydrogen-bond donors (Lipinski definition) is 2. The molecule has 1 aromatic heterocycles. The molecule has 10 heteroatoms. The number of benzene rings is 1. The molecule has 27 heavy (non-hydrogen) atoms. The third-order valence-corrected chi connectivity index (χ3v) is 4.93. The lowest BCUT2D eigenvalue weighted by Crippen LogP contribution is -2.36. The average Bonchev–Trinajstić information content (AvgIpc) is 2.99. The highest BCUT2D eigenvalue weighted by atomic mass is 35.5. The first-order valence-corrected chi connectivity index (χ1v) is 9.00. The van der Waals surface area contributed by atoms with Crippen molar-refractivity contribution < 1.29 is 18.0 Å². The lowest BCUT2D eigenvalue weighted by molar-refractivity contribution is -0.173. The second-order valence-electron chi connectivity index (χ2n) is 6.65. The topological polar surface area (TPSA) is 59.0 Å². The van der Waals surface area contributed by atoms with Crippen molar-refractivity contribution in [3.63, 3.8) is 0 Å². The van der Waals surface area contributed by atoms with Gasteiger partial charge >= 0.3 is 6.18 Å². The number of halogens is 5. The molecule has 2 heterocycles. The van der Waals surface area contributed by atoms with E-state index in [2.05, 4.69) is 15.7 Å². The number of nitrogens with zero attached hydrogens (tertiary/aromatic N) is 2. The van der Waals surface area contributed by atoms with Gasteiger partial charge in [-0.3, -0.25) is 4.79 Å². The summed E-state index contributed by atoms with van der Waals surface area (Å²) < 4.78 is 41.7. The Morgan fingerprint density at radius 3 is 2.59 bits per heavy atom. The zero-order chi connectivity index (χ0) is 19.9. The smallest absolute Gasteiger partial charge is 0.363 e. The lowest BCUT2D eigenvalue weighted by atomic mass is 9.97. The Morgan fingerprint density at radius 1 is 1.30 bits per heavy atom. The van der Waals surface area contributed by atoms with Gasteiger partial charge in [-0.05, 0) is 31.5 Å². The number of carbonyl (C=O) groups is 1. The third kappa shape index (κ3) is 4.16. The summed E-state index contributed by atoms with van der Waals surface area (Å²) in [4.78, 5) is 12.1. The summed E-state index contributed by atoms with van der Waals surface area (Å²) >= 11 is 11.9. The van der Waals surface area contributed by atoms with Crippen molar-refractivity contribution >= 4 is 34.9 Å². The Labute approximate surface area is 163 Å². The molecule has 0 aliphatic carbocycles. The van der Waals surface area contributed by atoms with Crippen LogP contribution in [0.3, 0.4) is 0 Å². The van der Waals surface area contributed by atoms with Crippen molar-refractivity contribution in [3.05, 3.63) is 45.6 Å². The van der Waals surface area contributed by atoms with Crippen LogP contribution >= 0.6 is 23.2 Å². The maximum Gasteiger partial charge on any atom is 0.410 e. The van der Waals surface area contributed by atoms with E-state index in [0.29, 0.717) is 10.6 Å². The van der Waals surface area contributed by atoms with Gasteiger partial charge in [0.25, 0.3) is 5.91 Å². The molecule has 2 N–H and O–H groups in total. The van der Waals surface area contributed by atoms with Gasteiger partial charge in [0, 0.05) is 18.5 Å². The fourth-order valence-electron chi connectivity index (χ4n) is 2.97. The number of alkyl halides is 3. The summed E-state index contributed by atoms with van der Waals surface area (Å²) in [5.41, 5.74) is 0.495. The van der Waals surface area contributed by atoms with Crippen molar-refractivity contribution in [1.82, 2.24) is 15.1 Å². The predicted molar refractivity (Wildman–Crippen MR) is 97.4 cm³/mol. The van der Waals surface area contributed by atoms with Crippen molar-refractivity contribution in [3.8, 4) is 0 Å². The summed E-state index contributed by atoms with van der Waals surface area (Å²) in [7, 11) is 0. The number of anilines is 1. The second-order valence-corrected chi connectivity index (χ2v) is 7.47. The SMILES string of the molecule is CC(C)NC(=O)c1cc2n(n1)[C@@H](C(F)(F)F)C[C@H](c1ccc(Cl)c(Cl)c1)N2. The molecular weight excluding hydrogens is 404 g/mol. The highest BCUT2D eigenvalue weighted by Gasteiger charge is 2.46. The van der Waals surface area contributed by atoms with Crippen LogP contribution in [-0.2, 0) is 0 Å². The maximum atomic E-state index is 13.6. The van der Waals surface area contributed by atoms with Crippen LogP contribution in [0.4, 0.5) is 19.0 Å². The van der Waals surface area contributed by atoms with E-state index in [1.165, 1.54) is 18.2 Å². The molecule has 0 bridgehead atoms. The van der Waals surface area contributed by atoms with Crippen LogP contribution in [0.1, 0.15) is 48.4 Å². The molecule has 2 aromatic rings. The van der Waals surface area contributed by atoms with E-state index in [0.717, 1.165) is 4.68 Å². The van der Waals surface area contributed by atoms with Crippen LogP contribution in [0.2, 0.25) is 10.0 Å². The van der Waals surface area contributed by atoms with Gasteiger partial charge in [0.1, 0.15) is 5.82 Å². The Kier molecular flexibility index (Phi) is 5.31. The van der Waals surface area contributed by atoms with E-state index in [1.807, 2.05) is 0 Å². The van der Waals surface area contributed by atoms with Gasteiger partial charge in [-0.25, -0.2) is 4.68 Å². The molecule has 2 atom stereocenters. The Hall–Kier alpha value is -1.93. The number of hydrogen-bond acceptors (Lipinski definition) is 3. The minimum Gasteiger partial charge on any atom is -0.363 e.